The van der Waals surface area contributed by atoms with E-state index in [0.29, 0.717) is 5.69 Å². The molecule has 2 aromatic rings. The van der Waals surface area contributed by atoms with Crippen molar-refractivity contribution in [3.63, 3.8) is 0 Å². The van der Waals surface area contributed by atoms with Crippen LogP contribution in [-0.4, -0.2) is 42.1 Å². The molecule has 0 unspecified atom stereocenters. The van der Waals surface area contributed by atoms with Crippen molar-refractivity contribution in [2.45, 2.75) is 0 Å². The molecule has 6 nitrogen and oxygen atoms in total. The number of carbonyl (C=O) groups is 2. The fourth-order valence-electron chi connectivity index (χ4n) is 2.61. The van der Waals surface area contributed by atoms with Gasteiger partial charge in [-0.05, 0) is 12.1 Å². The minimum absolute atomic E-state index is 0.0112. The van der Waals surface area contributed by atoms with Gasteiger partial charge in [0.2, 0.25) is 0 Å². The number of nitrogens with one attached hydrogen (secondary N) is 1. The van der Waals surface area contributed by atoms with Gasteiger partial charge >= 0.3 is 0 Å². The van der Waals surface area contributed by atoms with E-state index in [2.05, 4.69) is 5.32 Å². The van der Waals surface area contributed by atoms with Crippen molar-refractivity contribution in [2.24, 2.45) is 0 Å². The molecule has 0 fully saturated rings. The van der Waals surface area contributed by atoms with Crippen molar-refractivity contribution in [3.05, 3.63) is 48.2 Å². The number of hydrogen-bond donors (Lipinski definition) is 2. The number of nitrogens with zero attached hydrogens (tertiary/aromatic N) is 1. The monoisotopic (exact) mass is 312 g/mol. The lowest BCUT2D eigenvalue weighted by Gasteiger charge is -2.15. The lowest BCUT2D eigenvalue weighted by atomic mass is 10.1. The van der Waals surface area contributed by atoms with Crippen molar-refractivity contribution in [3.8, 4) is 5.75 Å². The average molecular weight is 312 g/mol. The summed E-state index contributed by atoms with van der Waals surface area (Å²) in [6.07, 6.45) is 1.25. The molecule has 1 heterocycles. The number of amides is 2. The molecule has 0 aliphatic carbocycles. The van der Waals surface area contributed by atoms with Gasteiger partial charge in [-0.3, -0.25) is 14.5 Å². The number of anilines is 1. The molecule has 0 saturated heterocycles. The van der Waals surface area contributed by atoms with Gasteiger partial charge in [-0.15, -0.1) is 0 Å². The third kappa shape index (κ3) is 2.64. The predicted octanol–water partition coefficient (Wildman–Crippen LogP) is 1.51. The molecule has 1 aliphatic rings. The van der Waals surface area contributed by atoms with Crippen molar-refractivity contribution < 1.29 is 19.4 Å². The molecule has 3 rings (SSSR count). The van der Waals surface area contributed by atoms with Gasteiger partial charge in [0.15, 0.2) is 0 Å². The molecule has 0 radical (unpaired) electrons. The van der Waals surface area contributed by atoms with Crippen molar-refractivity contribution >= 4 is 28.3 Å². The maximum atomic E-state index is 12.2. The molecule has 0 saturated carbocycles. The summed E-state index contributed by atoms with van der Waals surface area (Å²) in [4.78, 5) is 25.0. The summed E-state index contributed by atoms with van der Waals surface area (Å²) in [5, 5.41) is 13.7. The van der Waals surface area contributed by atoms with Gasteiger partial charge in [-0.1, -0.05) is 24.3 Å². The van der Waals surface area contributed by atoms with Crippen LogP contribution in [0.5, 0.6) is 5.75 Å². The van der Waals surface area contributed by atoms with Gasteiger partial charge in [0.05, 0.1) is 20.3 Å². The Balaban J connectivity index is 1.96. The van der Waals surface area contributed by atoms with Gasteiger partial charge in [-0.25, -0.2) is 0 Å². The normalized spacial score (nSPS) is 14.3. The van der Waals surface area contributed by atoms with E-state index in [0.717, 1.165) is 21.4 Å². The van der Waals surface area contributed by atoms with E-state index in [1.165, 1.54) is 6.08 Å². The first-order valence-electron chi connectivity index (χ1n) is 7.17. The van der Waals surface area contributed by atoms with E-state index in [9.17, 15) is 9.59 Å². The number of hydrogen-bond acceptors (Lipinski definition) is 5. The van der Waals surface area contributed by atoms with Crippen LogP contribution in [0.2, 0.25) is 0 Å². The summed E-state index contributed by atoms with van der Waals surface area (Å²) >= 11 is 0. The maximum Gasteiger partial charge on any atom is 0.277 e. The van der Waals surface area contributed by atoms with Crippen LogP contribution >= 0.6 is 0 Å². The first-order chi connectivity index (χ1) is 11.2. The van der Waals surface area contributed by atoms with E-state index < -0.39 is 11.8 Å². The van der Waals surface area contributed by atoms with Crippen LogP contribution in [0.15, 0.2) is 48.2 Å². The first kappa shape index (κ1) is 15.1. The average Bonchev–Trinajstić information content (AvgIpc) is 2.83. The van der Waals surface area contributed by atoms with Crippen LogP contribution < -0.4 is 10.1 Å². The standard InChI is InChI=1S/C17H16N2O4/c1-23-15-7-6-13(11-4-2-3-5-12(11)15)18-14-10-16(21)19(8-9-20)17(14)22/h2-7,10,18,20H,8-9H2,1H3. The van der Waals surface area contributed by atoms with Gasteiger partial charge in [-0.2, -0.15) is 0 Å². The number of fused-ring (bicyclic) bond motifs is 1. The van der Waals surface area contributed by atoms with Crippen LogP contribution in [0.25, 0.3) is 10.8 Å². The molecule has 0 aromatic heterocycles. The van der Waals surface area contributed by atoms with Crippen LogP contribution in [-0.2, 0) is 9.59 Å². The Morgan fingerprint density at radius 1 is 1.13 bits per heavy atom. The van der Waals surface area contributed by atoms with Crippen LogP contribution in [0.4, 0.5) is 5.69 Å². The number of ether oxygens (including phenoxy) is 1. The summed E-state index contributed by atoms with van der Waals surface area (Å²) < 4.78 is 5.34. The molecule has 6 heteroatoms. The molecule has 2 N–H and O–H groups in total. The van der Waals surface area contributed by atoms with Gasteiger partial charge < -0.3 is 15.2 Å². The zero-order valence-electron chi connectivity index (χ0n) is 12.6. The number of rotatable bonds is 5. The zero-order chi connectivity index (χ0) is 16.4. The maximum absolute atomic E-state index is 12.2. The molecular weight excluding hydrogens is 296 g/mol. The van der Waals surface area contributed by atoms with E-state index in [1.807, 2.05) is 24.3 Å². The van der Waals surface area contributed by atoms with E-state index in [-0.39, 0.29) is 18.8 Å². The van der Waals surface area contributed by atoms with Gasteiger partial charge in [0, 0.05) is 22.5 Å². The fourth-order valence-corrected chi connectivity index (χ4v) is 2.61. The smallest absolute Gasteiger partial charge is 0.277 e. The number of carbonyl (C=O) groups excluding carboxylic acids is 2. The molecule has 2 aromatic carbocycles. The SMILES string of the molecule is COc1ccc(NC2=CC(=O)N(CCO)C2=O)c2ccccc12. The summed E-state index contributed by atoms with van der Waals surface area (Å²) in [6, 6.07) is 11.2. The molecule has 0 spiro atoms. The number of aliphatic hydroxyl groups excluding tert-OH is 1. The Bertz CT molecular complexity index is 813. The Hall–Kier alpha value is -2.86. The van der Waals surface area contributed by atoms with Crippen molar-refractivity contribution in [2.75, 3.05) is 25.6 Å². The highest BCUT2D eigenvalue weighted by Gasteiger charge is 2.30. The van der Waals surface area contributed by atoms with Crippen LogP contribution in [0, 0.1) is 0 Å². The number of β-amino-alcohol motifs (C(OH)–C–C–N with tert-alkyl or cyclic N) is 1. The minimum Gasteiger partial charge on any atom is -0.496 e. The molecular formula is C17H16N2O4. The molecule has 1 aliphatic heterocycles. The third-order valence-electron chi connectivity index (χ3n) is 3.71. The lowest BCUT2D eigenvalue weighted by molar-refractivity contribution is -0.137. The first-order valence-corrected chi connectivity index (χ1v) is 7.17. The molecule has 118 valence electrons. The third-order valence-corrected chi connectivity index (χ3v) is 3.71. The topological polar surface area (TPSA) is 78.9 Å². The Kier molecular flexibility index (Phi) is 3.99. The summed E-state index contributed by atoms with van der Waals surface area (Å²) in [7, 11) is 1.60. The second kappa shape index (κ2) is 6.10. The van der Waals surface area contributed by atoms with Crippen LogP contribution in [0.3, 0.4) is 0 Å². The molecule has 0 bridgehead atoms. The zero-order valence-corrected chi connectivity index (χ0v) is 12.6. The largest absolute Gasteiger partial charge is 0.496 e. The summed E-state index contributed by atoms with van der Waals surface area (Å²) in [5.74, 6) is -0.135. The Labute approximate surface area is 133 Å². The quantitative estimate of drug-likeness (QED) is 0.818. The van der Waals surface area contributed by atoms with Crippen LogP contribution in [0.1, 0.15) is 0 Å². The van der Waals surface area contributed by atoms with Crippen molar-refractivity contribution in [1.29, 1.82) is 0 Å². The minimum atomic E-state index is -0.441. The second-order valence-corrected chi connectivity index (χ2v) is 5.06. The van der Waals surface area contributed by atoms with Gasteiger partial charge in [0.25, 0.3) is 11.8 Å². The van der Waals surface area contributed by atoms with Crippen molar-refractivity contribution in [1.82, 2.24) is 4.90 Å². The summed E-state index contributed by atoms with van der Waals surface area (Å²) in [5.41, 5.74) is 0.901. The highest BCUT2D eigenvalue weighted by molar-refractivity contribution is 6.18. The molecule has 23 heavy (non-hydrogen) atoms. The predicted molar refractivity (Wildman–Crippen MR) is 86.0 cm³/mol. The van der Waals surface area contributed by atoms with Gasteiger partial charge in [0.1, 0.15) is 11.4 Å². The molecule has 2 amide bonds. The number of methoxy groups -OCH3 is 1. The number of imide groups is 1. The second-order valence-electron chi connectivity index (χ2n) is 5.06. The summed E-state index contributed by atoms with van der Waals surface area (Å²) in [6.45, 7) is -0.271. The number of aliphatic hydroxyl groups is 1. The Morgan fingerprint density at radius 3 is 2.57 bits per heavy atom. The Morgan fingerprint density at radius 2 is 1.87 bits per heavy atom. The highest BCUT2D eigenvalue weighted by Crippen LogP contribution is 2.32. The van der Waals surface area contributed by atoms with E-state index in [1.54, 1.807) is 19.2 Å². The van der Waals surface area contributed by atoms with E-state index in [4.69, 9.17) is 9.84 Å². The van der Waals surface area contributed by atoms with E-state index >= 15 is 0 Å². The fraction of sp³-hybridized carbons (Fsp3) is 0.176. The molecule has 0 atom stereocenters. The highest BCUT2D eigenvalue weighted by atomic mass is 16.5. The number of benzene rings is 2. The lowest BCUT2D eigenvalue weighted by Crippen LogP contribution is -2.34.